The fourth-order valence-corrected chi connectivity index (χ4v) is 2.46. The predicted molar refractivity (Wildman–Crippen MR) is 85.9 cm³/mol. The van der Waals surface area contributed by atoms with E-state index in [0.29, 0.717) is 23.2 Å². The van der Waals surface area contributed by atoms with Crippen LogP contribution < -0.4 is 5.10 Å². The van der Waals surface area contributed by atoms with Gasteiger partial charge in [0.25, 0.3) is 0 Å². The molecule has 0 N–H and O–H groups in total. The zero-order valence-corrected chi connectivity index (χ0v) is 13.0. The second-order valence-electron chi connectivity index (χ2n) is 5.02. The number of aromatic nitrogens is 8. The second kappa shape index (κ2) is 6.17. The fourth-order valence-electron chi connectivity index (χ4n) is 2.24. The van der Waals surface area contributed by atoms with Crippen LogP contribution in [0.2, 0.25) is 5.02 Å². The van der Waals surface area contributed by atoms with Crippen molar-refractivity contribution in [3.05, 3.63) is 59.1 Å². The van der Waals surface area contributed by atoms with Gasteiger partial charge in [0.1, 0.15) is 0 Å². The molecule has 118 valence electrons. The largest absolute Gasteiger partial charge is 0.330 e. The first-order valence-corrected chi connectivity index (χ1v) is 7.48. The lowest BCUT2D eigenvalue weighted by Crippen LogP contribution is -2.04. The van der Waals surface area contributed by atoms with Crippen molar-refractivity contribution in [3.63, 3.8) is 0 Å². The van der Waals surface area contributed by atoms with Crippen molar-refractivity contribution in [2.24, 2.45) is 0 Å². The van der Waals surface area contributed by atoms with Gasteiger partial charge in [-0.2, -0.15) is 10.0 Å². The SMILES string of the molecule is Clc1ccccc1-c1nnn(Cc2ccc(-c3nnn[n-]3)cc2)n1. The van der Waals surface area contributed by atoms with E-state index >= 15 is 0 Å². The number of benzene rings is 2. The third kappa shape index (κ3) is 2.86. The molecule has 2 aromatic heterocycles. The lowest BCUT2D eigenvalue weighted by molar-refractivity contribution is 0.573. The van der Waals surface area contributed by atoms with Crippen LogP contribution in [0, 0.1) is 0 Å². The van der Waals surface area contributed by atoms with Crippen LogP contribution in [0.4, 0.5) is 0 Å². The van der Waals surface area contributed by atoms with E-state index in [4.69, 9.17) is 11.6 Å². The molecule has 2 heterocycles. The molecule has 0 amide bonds. The lowest BCUT2D eigenvalue weighted by atomic mass is 10.1. The van der Waals surface area contributed by atoms with Crippen LogP contribution in [0.1, 0.15) is 5.56 Å². The van der Waals surface area contributed by atoms with Gasteiger partial charge in [-0.3, -0.25) is 10.3 Å². The van der Waals surface area contributed by atoms with Crippen molar-refractivity contribution in [1.29, 1.82) is 0 Å². The minimum Gasteiger partial charge on any atom is -0.330 e. The first-order chi connectivity index (χ1) is 11.8. The molecule has 0 saturated carbocycles. The van der Waals surface area contributed by atoms with E-state index in [1.807, 2.05) is 42.5 Å². The molecule has 0 unspecified atom stereocenters. The normalized spacial score (nSPS) is 10.9. The minimum absolute atomic E-state index is 0.496. The average Bonchev–Trinajstić information content (AvgIpc) is 3.28. The van der Waals surface area contributed by atoms with Gasteiger partial charge >= 0.3 is 0 Å². The summed E-state index contributed by atoms with van der Waals surface area (Å²) in [5.74, 6) is 1.00. The summed E-state index contributed by atoms with van der Waals surface area (Å²) in [4.78, 5) is 1.52. The van der Waals surface area contributed by atoms with Gasteiger partial charge < -0.3 is 5.10 Å². The van der Waals surface area contributed by atoms with Gasteiger partial charge in [-0.15, -0.1) is 10.2 Å². The summed E-state index contributed by atoms with van der Waals surface area (Å²) < 4.78 is 0. The van der Waals surface area contributed by atoms with Crippen molar-refractivity contribution in [1.82, 2.24) is 40.8 Å². The molecule has 4 rings (SSSR count). The van der Waals surface area contributed by atoms with Gasteiger partial charge in [0.15, 0.2) is 0 Å². The number of tetrazole rings is 2. The standard InChI is InChI=1S/C15H10ClN8/c16-13-4-2-1-3-12(13)15-19-23-24(20-15)9-10-5-7-11(8-6-10)14-17-21-22-18-14/h1-8H,9H2/q-1. The number of halogens is 1. The van der Waals surface area contributed by atoms with Gasteiger partial charge in [0, 0.05) is 11.4 Å². The molecule has 0 saturated heterocycles. The summed E-state index contributed by atoms with van der Waals surface area (Å²) in [6, 6.07) is 15.1. The summed E-state index contributed by atoms with van der Waals surface area (Å²) in [6.45, 7) is 0.496. The van der Waals surface area contributed by atoms with Crippen LogP contribution in [0.25, 0.3) is 22.8 Å². The van der Waals surface area contributed by atoms with Gasteiger partial charge in [0.05, 0.1) is 11.6 Å². The Morgan fingerprint density at radius 1 is 1.00 bits per heavy atom. The summed E-state index contributed by atoms with van der Waals surface area (Å²) in [7, 11) is 0. The molecule has 2 aromatic carbocycles. The molecule has 24 heavy (non-hydrogen) atoms. The highest BCUT2D eigenvalue weighted by Gasteiger charge is 2.09. The molecule has 9 heteroatoms. The molecular formula is C15H10ClN8-. The Hall–Kier alpha value is -3.13. The molecule has 0 radical (unpaired) electrons. The minimum atomic E-state index is 0.496. The van der Waals surface area contributed by atoms with Crippen LogP contribution in [-0.4, -0.2) is 35.7 Å². The Morgan fingerprint density at radius 2 is 1.83 bits per heavy atom. The Morgan fingerprint density at radius 3 is 2.58 bits per heavy atom. The van der Waals surface area contributed by atoms with E-state index in [0.717, 1.165) is 16.7 Å². The molecular weight excluding hydrogens is 328 g/mol. The maximum Gasteiger partial charge on any atom is 0.206 e. The molecule has 0 aliphatic rings. The zero-order chi connectivity index (χ0) is 16.4. The second-order valence-corrected chi connectivity index (χ2v) is 5.43. The van der Waals surface area contributed by atoms with Gasteiger partial charge in [0.2, 0.25) is 5.82 Å². The van der Waals surface area contributed by atoms with E-state index in [-0.39, 0.29) is 0 Å². The number of hydrogen-bond acceptors (Lipinski definition) is 6. The van der Waals surface area contributed by atoms with Crippen molar-refractivity contribution < 1.29 is 0 Å². The van der Waals surface area contributed by atoms with Crippen LogP contribution in [0.15, 0.2) is 48.5 Å². The highest BCUT2D eigenvalue weighted by Crippen LogP contribution is 2.23. The topological polar surface area (TPSA) is 96.4 Å². The number of rotatable bonds is 4. The molecule has 0 aliphatic heterocycles. The molecule has 0 spiro atoms. The molecule has 0 bridgehead atoms. The third-order valence-corrected chi connectivity index (χ3v) is 3.75. The highest BCUT2D eigenvalue weighted by molar-refractivity contribution is 6.33. The van der Waals surface area contributed by atoms with Gasteiger partial charge in [-0.25, -0.2) is 0 Å². The van der Waals surface area contributed by atoms with Crippen molar-refractivity contribution in [2.75, 3.05) is 0 Å². The molecule has 0 fully saturated rings. The quantitative estimate of drug-likeness (QED) is 0.560. The molecule has 0 atom stereocenters. The predicted octanol–water partition coefficient (Wildman–Crippen LogP) is 1.85. The smallest absolute Gasteiger partial charge is 0.206 e. The molecule has 4 aromatic rings. The van der Waals surface area contributed by atoms with Crippen LogP contribution >= 0.6 is 11.6 Å². The molecule has 8 nitrogen and oxygen atoms in total. The van der Waals surface area contributed by atoms with E-state index in [1.165, 1.54) is 4.80 Å². The van der Waals surface area contributed by atoms with Gasteiger partial charge in [-0.1, -0.05) is 48.0 Å². The third-order valence-electron chi connectivity index (χ3n) is 3.42. The maximum atomic E-state index is 6.16. The highest BCUT2D eigenvalue weighted by atomic mass is 35.5. The summed E-state index contributed by atoms with van der Waals surface area (Å²) >= 11 is 6.16. The number of hydrogen-bond donors (Lipinski definition) is 0. The monoisotopic (exact) mass is 337 g/mol. The van der Waals surface area contributed by atoms with Crippen molar-refractivity contribution >= 4 is 11.6 Å². The Bertz CT molecular complexity index is 946. The Labute approximate surface area is 141 Å². The molecule has 0 aliphatic carbocycles. The van der Waals surface area contributed by atoms with Crippen LogP contribution in [0.3, 0.4) is 0 Å². The number of nitrogens with zero attached hydrogens (tertiary/aromatic N) is 8. The summed E-state index contributed by atoms with van der Waals surface area (Å²) in [6.07, 6.45) is 0. The Kier molecular flexibility index (Phi) is 3.72. The Balaban J connectivity index is 1.53. The van der Waals surface area contributed by atoms with Crippen molar-refractivity contribution in [3.8, 4) is 22.8 Å². The van der Waals surface area contributed by atoms with Gasteiger partial charge in [-0.05, 0) is 28.5 Å². The maximum absolute atomic E-state index is 6.16. The van der Waals surface area contributed by atoms with E-state index < -0.39 is 0 Å². The summed E-state index contributed by atoms with van der Waals surface area (Å²) in [5.41, 5.74) is 2.63. The average molecular weight is 338 g/mol. The zero-order valence-electron chi connectivity index (χ0n) is 12.3. The lowest BCUT2D eigenvalue weighted by Gasteiger charge is -2.03. The first kappa shape index (κ1) is 14.5. The van der Waals surface area contributed by atoms with E-state index in [1.54, 1.807) is 6.07 Å². The fraction of sp³-hybridized carbons (Fsp3) is 0.0667. The van der Waals surface area contributed by atoms with Crippen LogP contribution in [0.5, 0.6) is 0 Å². The first-order valence-electron chi connectivity index (χ1n) is 7.10. The summed E-state index contributed by atoms with van der Waals surface area (Å²) in [5, 5.41) is 27.7. The van der Waals surface area contributed by atoms with Crippen LogP contribution in [-0.2, 0) is 6.54 Å². The van der Waals surface area contributed by atoms with E-state index in [9.17, 15) is 0 Å². The van der Waals surface area contributed by atoms with E-state index in [2.05, 4.69) is 36.0 Å². The van der Waals surface area contributed by atoms with Crippen molar-refractivity contribution in [2.45, 2.75) is 6.54 Å².